The van der Waals surface area contributed by atoms with Gasteiger partial charge in [-0.25, -0.2) is 4.98 Å². The van der Waals surface area contributed by atoms with Gasteiger partial charge in [0.15, 0.2) is 0 Å². The Morgan fingerprint density at radius 2 is 1.86 bits per heavy atom. The minimum absolute atomic E-state index is 0.0686. The van der Waals surface area contributed by atoms with Crippen molar-refractivity contribution in [2.45, 2.75) is 26.4 Å². The average molecular weight is 618 g/mol. The number of benzene rings is 3. The molecular formula is C33H30Cl2N4O4. The van der Waals surface area contributed by atoms with Gasteiger partial charge in [0.25, 0.3) is 0 Å². The number of halogens is 2. The predicted octanol–water partition coefficient (Wildman–Crippen LogP) is 6.35. The number of anilines is 2. The number of amides is 3. The molecule has 5 rings (SSSR count). The summed E-state index contributed by atoms with van der Waals surface area (Å²) in [5.41, 5.74) is 4.20. The van der Waals surface area contributed by atoms with Gasteiger partial charge in [0.05, 0.1) is 17.3 Å². The Labute approximate surface area is 259 Å². The zero-order chi connectivity index (χ0) is 30.5. The molecule has 10 heteroatoms. The Kier molecular flexibility index (Phi) is 9.28. The molecule has 220 valence electrons. The highest BCUT2D eigenvalue weighted by atomic mass is 35.5. The number of hydrogen-bond acceptors (Lipinski definition) is 5. The molecule has 0 atom stereocenters. The van der Waals surface area contributed by atoms with Gasteiger partial charge in [-0.3, -0.25) is 14.4 Å². The lowest BCUT2D eigenvalue weighted by Gasteiger charge is -2.21. The lowest BCUT2D eigenvalue weighted by atomic mass is 10.1. The molecule has 2 heterocycles. The van der Waals surface area contributed by atoms with Crippen molar-refractivity contribution in [2.75, 3.05) is 29.9 Å². The van der Waals surface area contributed by atoms with Gasteiger partial charge >= 0.3 is 0 Å². The van der Waals surface area contributed by atoms with Gasteiger partial charge in [-0.15, -0.1) is 0 Å². The van der Waals surface area contributed by atoms with Gasteiger partial charge < -0.3 is 19.9 Å². The van der Waals surface area contributed by atoms with Crippen molar-refractivity contribution in [2.24, 2.45) is 0 Å². The van der Waals surface area contributed by atoms with Crippen LogP contribution in [0.1, 0.15) is 29.7 Å². The number of rotatable bonds is 9. The van der Waals surface area contributed by atoms with Crippen LogP contribution in [0.2, 0.25) is 10.0 Å². The van der Waals surface area contributed by atoms with Crippen LogP contribution in [0.25, 0.3) is 17.0 Å². The van der Waals surface area contributed by atoms with Crippen molar-refractivity contribution in [1.29, 1.82) is 0 Å². The third-order valence-corrected chi connectivity index (χ3v) is 7.99. The molecule has 4 aromatic rings. The van der Waals surface area contributed by atoms with E-state index in [0.29, 0.717) is 28.4 Å². The number of likely N-dealkylation sites (N-methyl/N-ethyl adjacent to an activating group) is 1. The van der Waals surface area contributed by atoms with E-state index in [0.717, 1.165) is 40.8 Å². The molecule has 1 aliphatic rings. The maximum atomic E-state index is 12.9. The lowest BCUT2D eigenvalue weighted by molar-refractivity contribution is -0.122. The number of pyridine rings is 1. The smallest absolute Gasteiger partial charge is 0.246 e. The highest BCUT2D eigenvalue weighted by Gasteiger charge is 2.21. The molecule has 1 aliphatic heterocycles. The van der Waals surface area contributed by atoms with Crippen LogP contribution in [0.4, 0.5) is 11.4 Å². The first-order chi connectivity index (χ1) is 20.7. The van der Waals surface area contributed by atoms with Gasteiger partial charge in [-0.1, -0.05) is 53.5 Å². The molecule has 0 radical (unpaired) electrons. The summed E-state index contributed by atoms with van der Waals surface area (Å²) in [6.07, 6.45) is 4.43. The number of fused-ring (bicyclic) bond motifs is 1. The van der Waals surface area contributed by atoms with Crippen LogP contribution in [0.3, 0.4) is 0 Å². The van der Waals surface area contributed by atoms with E-state index in [2.05, 4.69) is 10.3 Å². The minimum Gasteiger partial charge on any atom is -0.487 e. The third-order valence-electron chi connectivity index (χ3n) is 7.21. The summed E-state index contributed by atoms with van der Waals surface area (Å²) in [4.78, 5) is 45.0. The summed E-state index contributed by atoms with van der Waals surface area (Å²) in [7, 11) is 1.58. The van der Waals surface area contributed by atoms with Crippen LogP contribution in [0.15, 0.2) is 72.8 Å². The number of nitrogens with zero attached hydrogens (tertiary/aromatic N) is 3. The van der Waals surface area contributed by atoms with Crippen molar-refractivity contribution < 1.29 is 19.1 Å². The first-order valence-electron chi connectivity index (χ1n) is 13.8. The molecule has 0 saturated carbocycles. The molecule has 1 saturated heterocycles. The van der Waals surface area contributed by atoms with Crippen LogP contribution in [0, 0.1) is 6.92 Å². The van der Waals surface area contributed by atoms with E-state index in [-0.39, 0.29) is 30.0 Å². The molecule has 0 bridgehead atoms. The Morgan fingerprint density at radius 1 is 1.07 bits per heavy atom. The van der Waals surface area contributed by atoms with Gasteiger partial charge in [0.1, 0.15) is 17.9 Å². The third kappa shape index (κ3) is 6.98. The van der Waals surface area contributed by atoms with Crippen LogP contribution >= 0.6 is 23.2 Å². The number of carbonyl (C=O) groups excluding carboxylic acids is 3. The van der Waals surface area contributed by atoms with Gasteiger partial charge in [0, 0.05) is 53.4 Å². The number of ether oxygens (including phenoxy) is 1. The molecule has 1 N–H and O–H groups in total. The fraction of sp³-hybridized carbons (Fsp3) is 0.212. The maximum Gasteiger partial charge on any atom is 0.246 e. The van der Waals surface area contributed by atoms with E-state index in [4.69, 9.17) is 27.9 Å². The number of para-hydroxylation sites is 1. The topological polar surface area (TPSA) is 91.8 Å². The zero-order valence-electron chi connectivity index (χ0n) is 23.8. The molecule has 43 heavy (non-hydrogen) atoms. The fourth-order valence-corrected chi connectivity index (χ4v) is 5.40. The highest BCUT2D eigenvalue weighted by molar-refractivity contribution is 6.38. The van der Waals surface area contributed by atoms with Crippen LogP contribution in [-0.2, 0) is 21.0 Å². The summed E-state index contributed by atoms with van der Waals surface area (Å²) >= 11 is 13.2. The highest BCUT2D eigenvalue weighted by Crippen LogP contribution is 2.35. The summed E-state index contributed by atoms with van der Waals surface area (Å²) in [6, 6.07) is 20.3. The SMILES string of the molecule is Cc1ccc2cccc(OCc3c(Cl)ccc(N(C)C(=O)CNC(=O)/C=C/c4ccc(N5CCCC5=O)cc4)c3Cl)c2n1. The molecular weight excluding hydrogens is 587 g/mol. The standard InChI is InChI=1S/C33H30Cl2N4O4/c1-21-8-12-23-5-3-6-28(33(23)37-21)43-20-25-26(34)15-16-27(32(25)35)38(2)31(42)19-36-29(40)17-11-22-9-13-24(14-10-22)39-18-4-7-30(39)41/h3,5-6,8-17H,4,7,18-20H2,1-2H3,(H,36,40)/b17-11+. The van der Waals surface area contributed by atoms with Crippen LogP contribution < -0.4 is 19.9 Å². The lowest BCUT2D eigenvalue weighted by Crippen LogP contribution is -2.37. The van der Waals surface area contributed by atoms with Crippen molar-refractivity contribution in [3.8, 4) is 5.75 Å². The number of hydrogen-bond donors (Lipinski definition) is 1. The Morgan fingerprint density at radius 3 is 2.60 bits per heavy atom. The Hall–Kier alpha value is -4.40. The summed E-state index contributed by atoms with van der Waals surface area (Å²) in [5.74, 6) is -0.0752. The molecule has 1 aromatic heterocycles. The van der Waals surface area contributed by atoms with E-state index in [1.807, 2.05) is 61.5 Å². The van der Waals surface area contributed by atoms with Gasteiger partial charge in [-0.05, 0) is 61.4 Å². The Bertz CT molecular complexity index is 1720. The molecule has 0 unspecified atom stereocenters. The fourth-order valence-electron chi connectivity index (χ4n) is 4.79. The van der Waals surface area contributed by atoms with Crippen LogP contribution in [0.5, 0.6) is 5.75 Å². The predicted molar refractivity (Wildman–Crippen MR) is 171 cm³/mol. The summed E-state index contributed by atoms with van der Waals surface area (Å²) in [6.45, 7) is 2.47. The largest absolute Gasteiger partial charge is 0.487 e. The monoisotopic (exact) mass is 616 g/mol. The summed E-state index contributed by atoms with van der Waals surface area (Å²) in [5, 5.41) is 4.23. The Balaban J connectivity index is 1.19. The quantitative estimate of drug-likeness (QED) is 0.221. The van der Waals surface area contributed by atoms with E-state index in [1.54, 1.807) is 30.2 Å². The number of nitrogens with one attached hydrogen (secondary N) is 1. The second-order valence-corrected chi connectivity index (χ2v) is 11.0. The minimum atomic E-state index is -0.421. The first kappa shape index (κ1) is 30.1. The van der Waals surface area contributed by atoms with Crippen molar-refractivity contribution in [3.63, 3.8) is 0 Å². The molecule has 1 fully saturated rings. The second-order valence-electron chi connectivity index (χ2n) is 10.2. The van der Waals surface area contributed by atoms with Crippen LogP contribution in [-0.4, -0.2) is 42.8 Å². The second kappa shape index (κ2) is 13.3. The number of aromatic nitrogens is 1. The molecule has 0 spiro atoms. The van der Waals surface area contributed by atoms with E-state index < -0.39 is 5.91 Å². The average Bonchev–Trinajstić information content (AvgIpc) is 3.44. The molecule has 3 aromatic carbocycles. The number of aryl methyl sites for hydroxylation is 1. The van der Waals surface area contributed by atoms with E-state index in [1.165, 1.54) is 11.0 Å². The van der Waals surface area contributed by atoms with Crippen molar-refractivity contribution in [1.82, 2.24) is 10.3 Å². The maximum absolute atomic E-state index is 12.9. The van der Waals surface area contributed by atoms with Gasteiger partial charge in [0.2, 0.25) is 17.7 Å². The summed E-state index contributed by atoms with van der Waals surface area (Å²) < 4.78 is 6.08. The van der Waals surface area contributed by atoms with E-state index >= 15 is 0 Å². The molecule has 3 amide bonds. The van der Waals surface area contributed by atoms with Gasteiger partial charge in [-0.2, -0.15) is 0 Å². The first-order valence-corrected chi connectivity index (χ1v) is 14.6. The van der Waals surface area contributed by atoms with Crippen molar-refractivity contribution in [3.05, 3.63) is 99.7 Å². The molecule has 8 nitrogen and oxygen atoms in total. The van der Waals surface area contributed by atoms with Crippen molar-refractivity contribution >= 4 is 69.3 Å². The zero-order valence-corrected chi connectivity index (χ0v) is 25.3. The normalized spacial score (nSPS) is 13.1. The number of carbonyl (C=O) groups is 3. The van der Waals surface area contributed by atoms with E-state index in [9.17, 15) is 14.4 Å². The molecule has 0 aliphatic carbocycles.